The highest BCUT2D eigenvalue weighted by Gasteiger charge is 2.31. The highest BCUT2D eigenvalue weighted by molar-refractivity contribution is 5.26. The molecule has 0 spiro atoms. The molecule has 16 heavy (non-hydrogen) atoms. The Kier molecular flexibility index (Phi) is 6.08. The van der Waals surface area contributed by atoms with E-state index in [1.54, 1.807) is 6.92 Å². The van der Waals surface area contributed by atoms with E-state index in [4.69, 9.17) is 0 Å². The average molecular weight is 236 g/mol. The summed E-state index contributed by atoms with van der Waals surface area (Å²) in [4.78, 5) is 0. The Labute approximate surface area is 93.3 Å². The van der Waals surface area contributed by atoms with Gasteiger partial charge in [0.1, 0.15) is 5.82 Å². The van der Waals surface area contributed by atoms with Crippen LogP contribution in [-0.4, -0.2) is 0 Å². The quantitative estimate of drug-likeness (QED) is 0.613. The molecule has 0 amide bonds. The smallest absolute Gasteiger partial charge is 0.207 e. The molecule has 1 aromatic carbocycles. The molecular formula is C12H16F4. The molecule has 1 rings (SSSR count). The van der Waals surface area contributed by atoms with Gasteiger partial charge in [0, 0.05) is 0 Å². The number of alkyl halides is 3. The van der Waals surface area contributed by atoms with Crippen LogP contribution in [0.25, 0.3) is 0 Å². The second-order valence-electron chi connectivity index (χ2n) is 3.41. The van der Waals surface area contributed by atoms with Gasteiger partial charge in [-0.2, -0.15) is 13.2 Å². The zero-order valence-corrected chi connectivity index (χ0v) is 9.66. The molecular weight excluding hydrogens is 220 g/mol. The van der Waals surface area contributed by atoms with Crippen LogP contribution in [-0.2, 0) is 12.6 Å². The molecule has 0 heterocycles. The van der Waals surface area contributed by atoms with Crippen molar-refractivity contribution >= 4 is 0 Å². The van der Waals surface area contributed by atoms with Crippen LogP contribution < -0.4 is 0 Å². The van der Waals surface area contributed by atoms with Gasteiger partial charge in [0.05, 0.1) is 5.56 Å². The molecule has 0 N–H and O–H groups in total. The van der Waals surface area contributed by atoms with Crippen LogP contribution in [0.3, 0.4) is 0 Å². The minimum absolute atomic E-state index is 0.354. The summed E-state index contributed by atoms with van der Waals surface area (Å²) in [5.41, 5.74) is -0.573. The molecule has 0 unspecified atom stereocenters. The number of halogens is 4. The van der Waals surface area contributed by atoms with E-state index in [9.17, 15) is 17.6 Å². The van der Waals surface area contributed by atoms with Crippen molar-refractivity contribution in [3.63, 3.8) is 0 Å². The molecule has 0 radical (unpaired) electrons. The number of rotatable bonds is 1. The highest BCUT2D eigenvalue weighted by Crippen LogP contribution is 2.30. The maximum atomic E-state index is 12.6. The van der Waals surface area contributed by atoms with Gasteiger partial charge >= 0.3 is 6.18 Å². The Hall–Kier alpha value is -1.06. The molecule has 1 aromatic rings. The molecule has 0 aliphatic heterocycles. The van der Waals surface area contributed by atoms with E-state index in [0.717, 1.165) is 12.1 Å². The first-order valence-corrected chi connectivity index (χ1v) is 5.21. The van der Waals surface area contributed by atoms with Gasteiger partial charge in [-0.25, -0.2) is 4.39 Å². The third kappa shape index (κ3) is 5.14. The minimum atomic E-state index is -4.47. The predicted octanol–water partition coefficient (Wildman–Crippen LogP) is 4.82. The van der Waals surface area contributed by atoms with Crippen LogP contribution in [0.4, 0.5) is 17.6 Å². The normalized spacial score (nSPS) is 10.7. The van der Waals surface area contributed by atoms with E-state index in [0.29, 0.717) is 18.1 Å². The van der Waals surface area contributed by atoms with Crippen molar-refractivity contribution in [1.29, 1.82) is 0 Å². The summed E-state index contributed by atoms with van der Waals surface area (Å²) in [5.74, 6) is -0.841. The lowest BCUT2D eigenvalue weighted by molar-refractivity contribution is -0.137. The second kappa shape index (κ2) is 6.51. The van der Waals surface area contributed by atoms with Crippen LogP contribution in [0.15, 0.2) is 18.2 Å². The topological polar surface area (TPSA) is 0 Å². The Morgan fingerprint density at radius 1 is 1.00 bits per heavy atom. The molecule has 0 saturated carbocycles. The van der Waals surface area contributed by atoms with Crippen LogP contribution >= 0.6 is 0 Å². The number of hydrogen-bond donors (Lipinski definition) is 0. The first kappa shape index (κ1) is 14.9. The maximum absolute atomic E-state index is 12.6. The largest absolute Gasteiger partial charge is 0.416 e. The lowest BCUT2D eigenvalue weighted by Crippen LogP contribution is -2.06. The molecule has 0 atom stereocenters. The van der Waals surface area contributed by atoms with E-state index >= 15 is 0 Å². The maximum Gasteiger partial charge on any atom is 0.416 e. The summed E-state index contributed by atoms with van der Waals surface area (Å²) in [6, 6.07) is 2.57. The lowest BCUT2D eigenvalue weighted by Gasteiger charge is -2.08. The highest BCUT2D eigenvalue weighted by atomic mass is 19.4. The number of hydrogen-bond acceptors (Lipinski definition) is 0. The van der Waals surface area contributed by atoms with E-state index in [1.165, 1.54) is 6.42 Å². The molecule has 0 aliphatic carbocycles. The van der Waals surface area contributed by atoms with Gasteiger partial charge in [-0.05, 0) is 30.2 Å². The summed E-state index contributed by atoms with van der Waals surface area (Å²) in [6.07, 6.45) is -2.83. The monoisotopic (exact) mass is 236 g/mol. The van der Waals surface area contributed by atoms with Crippen LogP contribution in [0.2, 0.25) is 0 Å². The van der Waals surface area contributed by atoms with Crippen molar-refractivity contribution in [2.75, 3.05) is 0 Å². The first-order valence-electron chi connectivity index (χ1n) is 5.21. The third-order valence-electron chi connectivity index (χ3n) is 1.69. The van der Waals surface area contributed by atoms with Crippen molar-refractivity contribution in [3.05, 3.63) is 35.1 Å². The fourth-order valence-electron chi connectivity index (χ4n) is 1.02. The van der Waals surface area contributed by atoms with E-state index in [1.807, 2.05) is 0 Å². The molecule has 92 valence electrons. The zero-order valence-electron chi connectivity index (χ0n) is 9.66. The van der Waals surface area contributed by atoms with Crippen LogP contribution in [0.1, 0.15) is 38.3 Å². The second-order valence-corrected chi connectivity index (χ2v) is 3.41. The Balaban J connectivity index is 0.000000673. The van der Waals surface area contributed by atoms with Crippen molar-refractivity contribution in [2.24, 2.45) is 0 Å². The summed E-state index contributed by atoms with van der Waals surface area (Å²) < 4.78 is 49.0. The van der Waals surface area contributed by atoms with Gasteiger partial charge in [0.15, 0.2) is 0 Å². The molecule has 4 heteroatoms. The minimum Gasteiger partial charge on any atom is -0.207 e. The van der Waals surface area contributed by atoms with Crippen molar-refractivity contribution < 1.29 is 17.6 Å². The van der Waals surface area contributed by atoms with Crippen LogP contribution in [0.5, 0.6) is 0 Å². The summed E-state index contributed by atoms with van der Waals surface area (Å²) in [6.45, 7) is 5.93. The number of benzene rings is 1. The van der Waals surface area contributed by atoms with Gasteiger partial charge in [-0.3, -0.25) is 0 Å². The zero-order chi connectivity index (χ0) is 12.8. The predicted molar refractivity (Wildman–Crippen MR) is 56.7 cm³/mol. The molecule has 0 nitrogen and oxygen atoms in total. The molecule has 0 fully saturated rings. The Morgan fingerprint density at radius 3 is 1.88 bits per heavy atom. The molecule has 0 bridgehead atoms. The molecule has 0 aromatic heterocycles. The Bertz CT molecular complexity index is 315. The summed E-state index contributed by atoms with van der Waals surface area (Å²) in [7, 11) is 0. The van der Waals surface area contributed by atoms with E-state index < -0.39 is 17.6 Å². The third-order valence-corrected chi connectivity index (χ3v) is 1.69. The van der Waals surface area contributed by atoms with Crippen molar-refractivity contribution in [1.82, 2.24) is 0 Å². The van der Waals surface area contributed by atoms with Gasteiger partial charge in [0.25, 0.3) is 0 Å². The fourth-order valence-corrected chi connectivity index (χ4v) is 1.02. The summed E-state index contributed by atoms with van der Waals surface area (Å²) >= 11 is 0. The van der Waals surface area contributed by atoms with Gasteiger partial charge in [-0.1, -0.05) is 27.2 Å². The van der Waals surface area contributed by atoms with Gasteiger partial charge in [0.2, 0.25) is 0 Å². The van der Waals surface area contributed by atoms with Crippen LogP contribution in [0, 0.1) is 5.82 Å². The van der Waals surface area contributed by atoms with Gasteiger partial charge in [-0.15, -0.1) is 0 Å². The standard InChI is InChI=1S/C9H8F4.C3H8/c1-2-6-3-7(9(11,12)13)5-8(10)4-6;1-3-2/h3-5H,2H2,1H3;3H2,1-2H3. The Morgan fingerprint density at radius 2 is 1.50 bits per heavy atom. The fraction of sp³-hybridized carbons (Fsp3) is 0.500. The first-order chi connectivity index (χ1) is 7.35. The average Bonchev–Trinajstić information content (AvgIpc) is 2.16. The number of aryl methyl sites for hydroxylation is 1. The molecule has 0 saturated heterocycles. The molecule has 0 aliphatic rings. The summed E-state index contributed by atoms with van der Waals surface area (Å²) in [5, 5.41) is 0. The SMILES string of the molecule is CCC.CCc1cc(F)cc(C(F)(F)F)c1. The lowest BCUT2D eigenvalue weighted by atomic mass is 10.1. The van der Waals surface area contributed by atoms with Gasteiger partial charge < -0.3 is 0 Å². The van der Waals surface area contributed by atoms with Crippen molar-refractivity contribution in [2.45, 2.75) is 39.8 Å². The van der Waals surface area contributed by atoms with E-state index in [2.05, 4.69) is 13.8 Å². The van der Waals surface area contributed by atoms with E-state index in [-0.39, 0.29) is 0 Å². The van der Waals surface area contributed by atoms with Crippen molar-refractivity contribution in [3.8, 4) is 0 Å².